The summed E-state index contributed by atoms with van der Waals surface area (Å²) in [5, 5.41) is 0.927. The van der Waals surface area contributed by atoms with Crippen LogP contribution >= 0.6 is 0 Å². The number of carbonyl (C=O) groups excluding carboxylic acids is 3. The highest BCUT2D eigenvalue weighted by molar-refractivity contribution is 6.04. The molecule has 24 heavy (non-hydrogen) atoms. The Kier molecular flexibility index (Phi) is 3.26. The van der Waals surface area contributed by atoms with Crippen LogP contribution in [0, 0.1) is 0 Å². The first-order valence-corrected chi connectivity index (χ1v) is 7.83. The molecule has 2 aromatic heterocycles. The fourth-order valence-corrected chi connectivity index (χ4v) is 3.39. The lowest BCUT2D eigenvalue weighted by Crippen LogP contribution is -2.55. The van der Waals surface area contributed by atoms with Gasteiger partial charge in [0.05, 0.1) is 13.0 Å². The fourth-order valence-electron chi connectivity index (χ4n) is 3.39. The summed E-state index contributed by atoms with van der Waals surface area (Å²) in [5.74, 6) is -0.289. The Morgan fingerprint density at radius 2 is 2.21 bits per heavy atom. The number of aromatic nitrogens is 2. The van der Waals surface area contributed by atoms with E-state index in [-0.39, 0.29) is 30.8 Å². The van der Waals surface area contributed by atoms with Gasteiger partial charge in [-0.1, -0.05) is 0 Å². The van der Waals surface area contributed by atoms with E-state index >= 15 is 0 Å². The first kappa shape index (κ1) is 14.7. The highest BCUT2D eigenvalue weighted by Gasteiger charge is 2.46. The van der Waals surface area contributed by atoms with E-state index in [0.717, 1.165) is 21.5 Å². The predicted molar refractivity (Wildman–Crippen MR) is 85.0 cm³/mol. The number of hydrogen-bond acceptors (Lipinski definition) is 4. The molecule has 0 radical (unpaired) electrons. The number of H-pyrrole nitrogens is 1. The molecule has 2 fully saturated rings. The molecule has 8 heteroatoms. The van der Waals surface area contributed by atoms with Gasteiger partial charge in [-0.05, 0) is 17.7 Å². The zero-order valence-electron chi connectivity index (χ0n) is 13.2. The van der Waals surface area contributed by atoms with Gasteiger partial charge in [-0.15, -0.1) is 0 Å². The minimum absolute atomic E-state index is 0.0470. The van der Waals surface area contributed by atoms with Crippen LogP contribution in [-0.2, 0) is 16.0 Å². The largest absolute Gasteiger partial charge is 0.346 e. The van der Waals surface area contributed by atoms with Crippen LogP contribution in [0.5, 0.6) is 0 Å². The van der Waals surface area contributed by atoms with Gasteiger partial charge in [-0.25, -0.2) is 9.78 Å². The van der Waals surface area contributed by atoms with Gasteiger partial charge in [-0.2, -0.15) is 0 Å². The van der Waals surface area contributed by atoms with Crippen LogP contribution in [0.15, 0.2) is 24.5 Å². The van der Waals surface area contributed by atoms with Crippen LogP contribution in [0.3, 0.4) is 0 Å². The van der Waals surface area contributed by atoms with E-state index in [1.165, 1.54) is 7.05 Å². The summed E-state index contributed by atoms with van der Waals surface area (Å²) in [5.41, 5.74) is 1.64. The number of likely N-dealkylation sites (N-methyl/N-ethyl adjacent to an activating group) is 1. The smallest absolute Gasteiger partial charge is 0.327 e. The zero-order chi connectivity index (χ0) is 16.8. The standard InChI is InChI=1S/C16H17N5O3/c1-19-15(23)12-9-20(5-6-21(12)16(19)24)13(22)7-10-8-18-14-11(10)3-2-4-17-14/h2-4,8,12H,5-7,9H2,1H3,(H,17,18). The van der Waals surface area contributed by atoms with Crippen LogP contribution in [-0.4, -0.2) is 75.2 Å². The summed E-state index contributed by atoms with van der Waals surface area (Å²) in [4.78, 5) is 48.3. The molecule has 124 valence electrons. The van der Waals surface area contributed by atoms with E-state index < -0.39 is 6.04 Å². The van der Waals surface area contributed by atoms with Crippen LogP contribution in [0.4, 0.5) is 4.79 Å². The van der Waals surface area contributed by atoms with Crippen molar-refractivity contribution in [1.82, 2.24) is 24.7 Å². The highest BCUT2D eigenvalue weighted by atomic mass is 16.2. The molecule has 2 saturated heterocycles. The molecule has 4 heterocycles. The number of rotatable bonds is 2. The number of aromatic amines is 1. The van der Waals surface area contributed by atoms with Gasteiger partial charge >= 0.3 is 6.03 Å². The molecule has 2 aliphatic heterocycles. The van der Waals surface area contributed by atoms with Gasteiger partial charge in [0.25, 0.3) is 5.91 Å². The summed E-state index contributed by atoms with van der Waals surface area (Å²) in [6, 6.07) is 2.93. The number of piperazine rings is 1. The molecule has 4 amide bonds. The molecule has 1 unspecified atom stereocenters. The first-order chi connectivity index (χ1) is 11.6. The molecule has 8 nitrogen and oxygen atoms in total. The van der Waals surface area contributed by atoms with E-state index in [0.29, 0.717) is 13.1 Å². The molecule has 1 N–H and O–H groups in total. The van der Waals surface area contributed by atoms with Crippen molar-refractivity contribution < 1.29 is 14.4 Å². The molecular weight excluding hydrogens is 310 g/mol. The summed E-state index contributed by atoms with van der Waals surface area (Å²) >= 11 is 0. The van der Waals surface area contributed by atoms with E-state index in [9.17, 15) is 14.4 Å². The molecule has 0 bridgehead atoms. The monoisotopic (exact) mass is 327 g/mol. The topological polar surface area (TPSA) is 89.6 Å². The van der Waals surface area contributed by atoms with Crippen LogP contribution in [0.2, 0.25) is 0 Å². The van der Waals surface area contributed by atoms with Crippen LogP contribution < -0.4 is 0 Å². The quantitative estimate of drug-likeness (QED) is 0.799. The Bertz CT molecular complexity index is 845. The average Bonchev–Trinajstić information content (AvgIpc) is 3.10. The summed E-state index contributed by atoms with van der Waals surface area (Å²) < 4.78 is 0. The molecule has 0 saturated carbocycles. The van der Waals surface area contributed by atoms with Crippen molar-refractivity contribution in [2.45, 2.75) is 12.5 Å². The third-order valence-electron chi connectivity index (χ3n) is 4.76. The Balaban J connectivity index is 1.50. The van der Waals surface area contributed by atoms with Crippen LogP contribution in [0.1, 0.15) is 5.56 Å². The number of nitrogens with zero attached hydrogens (tertiary/aromatic N) is 4. The number of pyridine rings is 1. The number of fused-ring (bicyclic) bond motifs is 2. The fraction of sp³-hybridized carbons (Fsp3) is 0.375. The number of amides is 4. The molecule has 2 aliphatic rings. The Morgan fingerprint density at radius 3 is 3.04 bits per heavy atom. The molecule has 1 atom stereocenters. The van der Waals surface area contributed by atoms with E-state index in [2.05, 4.69) is 9.97 Å². The molecule has 2 aromatic rings. The molecule has 0 spiro atoms. The minimum atomic E-state index is -0.551. The van der Waals surface area contributed by atoms with Gasteiger partial charge in [0, 0.05) is 37.9 Å². The van der Waals surface area contributed by atoms with Crippen molar-refractivity contribution in [1.29, 1.82) is 0 Å². The second-order valence-corrected chi connectivity index (χ2v) is 6.12. The van der Waals surface area contributed by atoms with E-state index in [1.807, 2.05) is 12.1 Å². The van der Waals surface area contributed by atoms with Gasteiger partial charge < -0.3 is 14.8 Å². The van der Waals surface area contributed by atoms with Crippen molar-refractivity contribution in [2.75, 3.05) is 26.7 Å². The minimum Gasteiger partial charge on any atom is -0.346 e. The SMILES string of the molecule is CN1C(=O)C2CN(C(=O)Cc3c[nH]c4ncccc34)CCN2C1=O. The third-order valence-corrected chi connectivity index (χ3v) is 4.76. The highest BCUT2D eigenvalue weighted by Crippen LogP contribution is 2.22. The van der Waals surface area contributed by atoms with Gasteiger partial charge in [0.15, 0.2) is 0 Å². The van der Waals surface area contributed by atoms with Gasteiger partial charge in [-0.3, -0.25) is 14.5 Å². The lowest BCUT2D eigenvalue weighted by molar-refractivity contribution is -0.135. The third kappa shape index (κ3) is 2.14. The maximum absolute atomic E-state index is 12.6. The van der Waals surface area contributed by atoms with E-state index in [1.54, 1.807) is 22.2 Å². The number of urea groups is 1. The second-order valence-electron chi connectivity index (χ2n) is 6.12. The summed E-state index contributed by atoms with van der Waals surface area (Å²) in [6.45, 7) is 1.10. The van der Waals surface area contributed by atoms with Crippen molar-refractivity contribution in [2.24, 2.45) is 0 Å². The normalized spacial score (nSPS) is 20.9. The van der Waals surface area contributed by atoms with Crippen LogP contribution in [0.25, 0.3) is 11.0 Å². The number of imide groups is 1. The summed E-state index contributed by atoms with van der Waals surface area (Å²) in [7, 11) is 1.48. The zero-order valence-corrected chi connectivity index (χ0v) is 13.2. The lowest BCUT2D eigenvalue weighted by Gasteiger charge is -2.35. The molecular formula is C16H17N5O3. The molecule has 0 aliphatic carbocycles. The van der Waals surface area contributed by atoms with Crippen molar-refractivity contribution in [3.63, 3.8) is 0 Å². The average molecular weight is 327 g/mol. The molecule has 4 rings (SSSR count). The Labute approximate surface area is 138 Å². The van der Waals surface area contributed by atoms with Gasteiger partial charge in [0.1, 0.15) is 11.7 Å². The predicted octanol–water partition coefficient (Wildman–Crippen LogP) is 0.210. The second kappa shape index (κ2) is 5.33. The maximum Gasteiger partial charge on any atom is 0.327 e. The Hall–Kier alpha value is -2.90. The molecule has 0 aromatic carbocycles. The van der Waals surface area contributed by atoms with Crippen molar-refractivity contribution in [3.8, 4) is 0 Å². The van der Waals surface area contributed by atoms with Crippen molar-refractivity contribution >= 4 is 28.9 Å². The lowest BCUT2D eigenvalue weighted by atomic mass is 10.1. The van der Waals surface area contributed by atoms with Gasteiger partial charge in [0.2, 0.25) is 5.91 Å². The van der Waals surface area contributed by atoms with E-state index in [4.69, 9.17) is 0 Å². The first-order valence-electron chi connectivity index (χ1n) is 7.83. The number of carbonyl (C=O) groups is 3. The maximum atomic E-state index is 12.6. The summed E-state index contributed by atoms with van der Waals surface area (Å²) in [6.07, 6.45) is 3.74. The van der Waals surface area contributed by atoms with Crippen molar-refractivity contribution in [3.05, 3.63) is 30.1 Å². The number of nitrogens with one attached hydrogen (secondary N) is 1. The number of hydrogen-bond donors (Lipinski definition) is 1. The Morgan fingerprint density at radius 1 is 1.38 bits per heavy atom.